The molecule has 0 radical (unpaired) electrons. The zero-order valence-corrected chi connectivity index (χ0v) is 31.6. The Bertz CT molecular complexity index is 1480. The van der Waals surface area contributed by atoms with Gasteiger partial charge in [-0.3, -0.25) is 4.57 Å². The second-order valence-electron chi connectivity index (χ2n) is 11.1. The highest BCUT2D eigenvalue weighted by Gasteiger charge is 2.20. The van der Waals surface area contributed by atoms with E-state index in [-0.39, 0.29) is 6.16 Å². The second-order valence-corrected chi connectivity index (χ2v) is 12.9. The maximum Gasteiger partial charge on any atom is 0.361 e. The molecule has 0 saturated carbocycles. The van der Waals surface area contributed by atoms with Crippen LogP contribution in [0.1, 0.15) is 90.8 Å². The molecule has 0 amide bonds. The maximum absolute atomic E-state index is 11.5. The van der Waals surface area contributed by atoms with Crippen molar-refractivity contribution in [2.45, 2.75) is 80.6 Å². The molecular weight excluding hydrogens is 622 g/mol. The van der Waals surface area contributed by atoms with Gasteiger partial charge in [-0.2, -0.15) is 0 Å². The van der Waals surface area contributed by atoms with Crippen LogP contribution in [-0.4, -0.2) is 37.7 Å². The lowest BCUT2D eigenvalue weighted by molar-refractivity contribution is -0.0188. The van der Waals surface area contributed by atoms with E-state index in [0.717, 1.165) is 25.9 Å². The van der Waals surface area contributed by atoms with Crippen molar-refractivity contribution in [3.63, 3.8) is 0 Å². The Balaban J connectivity index is 0.000000900. The van der Waals surface area contributed by atoms with E-state index in [0.29, 0.717) is 18.8 Å². The molecule has 9 heteroatoms. The molecule has 0 saturated heterocycles. The first kappa shape index (κ1) is 44.6. The van der Waals surface area contributed by atoms with E-state index in [1.165, 1.54) is 63.9 Å². The zero-order valence-electron chi connectivity index (χ0n) is 30.7. The van der Waals surface area contributed by atoms with E-state index in [9.17, 15) is 9.09 Å². The molecule has 48 heavy (non-hydrogen) atoms. The number of benzene rings is 2. The minimum Gasteiger partial charge on any atom is -0.372 e. The first-order valence-corrected chi connectivity index (χ1v) is 18.8. The van der Waals surface area contributed by atoms with Crippen LogP contribution in [0.2, 0.25) is 0 Å². The van der Waals surface area contributed by atoms with Crippen LogP contribution in [0.5, 0.6) is 0 Å². The fourth-order valence-corrected chi connectivity index (χ4v) is 5.56. The highest BCUT2D eigenvalue weighted by atomic mass is 31.2. The molecule has 1 unspecified atom stereocenters. The zero-order chi connectivity index (χ0) is 36.5. The first-order chi connectivity index (χ1) is 23.1. The van der Waals surface area contributed by atoms with Crippen molar-refractivity contribution in [2.24, 2.45) is 5.73 Å². The largest absolute Gasteiger partial charge is 0.372 e. The summed E-state index contributed by atoms with van der Waals surface area (Å²) in [4.78, 5) is 11.2. The van der Waals surface area contributed by atoms with Gasteiger partial charge in [0, 0.05) is 31.5 Å². The van der Waals surface area contributed by atoms with Crippen LogP contribution < -0.4 is 31.7 Å². The number of fused-ring (bicyclic) bond motifs is 2. The second kappa shape index (κ2) is 25.6. The average Bonchev–Trinajstić information content (AvgIpc) is 3.10. The van der Waals surface area contributed by atoms with Crippen molar-refractivity contribution in [1.82, 2.24) is 10.6 Å². The van der Waals surface area contributed by atoms with Gasteiger partial charge in [0.25, 0.3) is 0 Å². The molecule has 0 heterocycles. The standard InChI is InChI=1S/C26H33N.C9H16FN2O3P.C3H8.CH5N/c1-6-10-11-20-12-14-24-21(16-20)17-22-18-23(27(8-3)9-4)13-15-25(22)26(24)19(5)7-2;1-3-4-6-11-9(2)12-7-5-8-16(13,14)15-10;1-3-2;1-2/h7,11-16,18H,6,8-10,17H2,1-5H3;3-4,6,11-12H,1-2,5,7-8H2,(H,13,14);3H2,1-2H3;2H2,1H3/b19-7+,20-11-;6-4+;;. The van der Waals surface area contributed by atoms with Crippen LogP contribution >= 0.6 is 7.60 Å². The Morgan fingerprint density at radius 1 is 1.10 bits per heavy atom. The molecule has 5 N–H and O–H groups in total. The van der Waals surface area contributed by atoms with E-state index in [4.69, 9.17) is 4.89 Å². The van der Waals surface area contributed by atoms with Gasteiger partial charge < -0.3 is 26.2 Å². The smallest absolute Gasteiger partial charge is 0.361 e. The van der Waals surface area contributed by atoms with Crippen molar-refractivity contribution >= 4 is 24.9 Å². The molecule has 0 spiro atoms. The molecule has 0 aromatic heterocycles. The van der Waals surface area contributed by atoms with Gasteiger partial charge in [-0.25, -0.2) is 0 Å². The van der Waals surface area contributed by atoms with Gasteiger partial charge in [-0.1, -0.05) is 89.3 Å². The molecule has 268 valence electrons. The fraction of sp³-hybridized carbons (Fsp3) is 0.436. The summed E-state index contributed by atoms with van der Waals surface area (Å²) in [7, 11) is -2.54. The minimum atomic E-state index is -4.04. The summed E-state index contributed by atoms with van der Waals surface area (Å²) in [5.74, 6) is 0.534. The van der Waals surface area contributed by atoms with E-state index in [1.807, 2.05) is 0 Å². The number of anilines is 1. The van der Waals surface area contributed by atoms with Crippen LogP contribution in [0.3, 0.4) is 0 Å². The van der Waals surface area contributed by atoms with E-state index < -0.39 is 7.60 Å². The average molecular weight is 685 g/mol. The molecule has 0 fully saturated rings. The highest BCUT2D eigenvalue weighted by Crippen LogP contribution is 2.42. The molecule has 1 aliphatic carbocycles. The predicted octanol–water partition coefficient (Wildman–Crippen LogP) is 7.99. The van der Waals surface area contributed by atoms with Crippen molar-refractivity contribution in [2.75, 3.05) is 37.7 Å². The quantitative estimate of drug-likeness (QED) is 0.0858. The summed E-state index contributed by atoms with van der Waals surface area (Å²) < 4.78 is 25.1. The lowest BCUT2D eigenvalue weighted by atomic mass is 9.83. The van der Waals surface area contributed by atoms with Gasteiger partial charge in [0.2, 0.25) is 0 Å². The molecular formula is C39H62FN4O3P. The fourth-order valence-electron chi connectivity index (χ4n) is 4.94. The number of nitrogens with one attached hydrogen (secondary N) is 2. The minimum absolute atomic E-state index is 0.244. The van der Waals surface area contributed by atoms with E-state index in [1.54, 1.807) is 18.4 Å². The summed E-state index contributed by atoms with van der Waals surface area (Å²) in [6.45, 7) is 24.9. The van der Waals surface area contributed by atoms with E-state index in [2.05, 4.69) is 136 Å². The lowest BCUT2D eigenvalue weighted by Crippen LogP contribution is -2.25. The summed E-state index contributed by atoms with van der Waals surface area (Å²) in [5, 5.41) is 8.40. The van der Waals surface area contributed by atoms with Gasteiger partial charge in [0.1, 0.15) is 0 Å². The number of nitrogens with two attached hydrogens (primary N) is 1. The highest BCUT2D eigenvalue weighted by molar-refractivity contribution is 7.52. The van der Waals surface area contributed by atoms with Crippen LogP contribution in [-0.2, 0) is 15.7 Å². The monoisotopic (exact) mass is 684 g/mol. The summed E-state index contributed by atoms with van der Waals surface area (Å²) in [5.41, 5.74) is 12.9. The number of unbranched alkanes of at least 4 members (excludes halogenated alkanes) is 1. The molecule has 7 nitrogen and oxygen atoms in total. The van der Waals surface area contributed by atoms with Crippen molar-refractivity contribution < 1.29 is 18.7 Å². The Hall–Kier alpha value is -3.42. The van der Waals surface area contributed by atoms with Gasteiger partial charge >= 0.3 is 7.60 Å². The van der Waals surface area contributed by atoms with Crippen LogP contribution in [0.25, 0.3) is 11.6 Å². The molecule has 2 aromatic rings. The van der Waals surface area contributed by atoms with Crippen LogP contribution in [0, 0.1) is 0 Å². The number of allylic oxidation sites excluding steroid dienone is 4. The van der Waals surface area contributed by atoms with Gasteiger partial charge in [0.05, 0.1) is 12.0 Å². The summed E-state index contributed by atoms with van der Waals surface area (Å²) in [6.07, 6.45) is 14.2. The van der Waals surface area contributed by atoms with Crippen LogP contribution in [0.15, 0.2) is 85.4 Å². The number of hydrogen-bond donors (Lipinski definition) is 4. The van der Waals surface area contributed by atoms with E-state index >= 15 is 0 Å². The van der Waals surface area contributed by atoms with Crippen molar-refractivity contribution in [3.05, 3.63) is 113 Å². The third-order valence-electron chi connectivity index (χ3n) is 7.32. The number of halogens is 1. The normalized spacial score (nSPS) is 13.3. The van der Waals surface area contributed by atoms with Crippen molar-refractivity contribution in [1.29, 1.82) is 0 Å². The molecule has 3 rings (SSSR count). The van der Waals surface area contributed by atoms with Crippen LogP contribution in [0.4, 0.5) is 10.2 Å². The number of hydrogen-bond acceptors (Lipinski definition) is 6. The third kappa shape index (κ3) is 15.7. The number of nitrogens with zero attached hydrogens (tertiary/aromatic N) is 1. The topological polar surface area (TPSA) is 99.8 Å². The molecule has 1 aliphatic rings. The first-order valence-electron chi connectivity index (χ1n) is 17.1. The van der Waals surface area contributed by atoms with Gasteiger partial charge in [-0.05, 0) is 115 Å². The Labute approximate surface area is 290 Å². The lowest BCUT2D eigenvalue weighted by Gasteiger charge is -2.26. The third-order valence-corrected chi connectivity index (χ3v) is 8.41. The Morgan fingerprint density at radius 2 is 1.77 bits per heavy atom. The molecule has 0 bridgehead atoms. The predicted molar refractivity (Wildman–Crippen MR) is 207 cm³/mol. The summed E-state index contributed by atoms with van der Waals surface area (Å²) in [6, 6.07) is 14.1. The van der Waals surface area contributed by atoms with Gasteiger partial charge in [-0.15, -0.1) is 4.73 Å². The molecule has 1 atom stereocenters. The Kier molecular flexibility index (Phi) is 23.8. The summed E-state index contributed by atoms with van der Waals surface area (Å²) >= 11 is 0. The van der Waals surface area contributed by atoms with Gasteiger partial charge in [0.15, 0.2) is 0 Å². The SMILES string of the molecule is C/C=C(\C)C1=c2cc/c(=C/CCC)cc2Cc2cc(N(CC)CC)ccc21.C=C/C=C/NC(=C)NCCCP(=O)(O)OF.CCC.CN. The Morgan fingerprint density at radius 3 is 2.33 bits per heavy atom. The van der Waals surface area contributed by atoms with Crippen molar-refractivity contribution in [3.8, 4) is 0 Å². The molecule has 0 aliphatic heterocycles. The maximum atomic E-state index is 11.5. The molecule has 2 aromatic carbocycles. The number of rotatable bonds is 15.